The highest BCUT2D eigenvalue weighted by atomic mass is 16.5. The molecule has 2 N–H and O–H groups in total. The molecule has 0 aliphatic heterocycles. The Morgan fingerprint density at radius 2 is 1.90 bits per heavy atom. The van der Waals surface area contributed by atoms with Crippen LogP contribution in [0.2, 0.25) is 0 Å². The van der Waals surface area contributed by atoms with E-state index < -0.39 is 12.2 Å². The van der Waals surface area contributed by atoms with E-state index in [4.69, 9.17) is 4.74 Å². The molecule has 1 aliphatic carbocycles. The lowest BCUT2D eigenvalue weighted by atomic mass is 9.94. The minimum atomic E-state index is -0.652. The quantitative estimate of drug-likeness (QED) is 0.167. The van der Waals surface area contributed by atoms with Crippen LogP contribution >= 0.6 is 0 Å². The Morgan fingerprint density at radius 3 is 2.60 bits per heavy atom. The predicted octanol–water partition coefficient (Wildman–Crippen LogP) is 5.04. The number of unbranched alkanes of at least 4 members (excludes halogenated alkanes) is 5. The second-order valence-electron chi connectivity index (χ2n) is 8.69. The summed E-state index contributed by atoms with van der Waals surface area (Å²) in [5.41, 5.74) is 0.665. The number of hydrogen-bond acceptors (Lipinski definition) is 5. The molecule has 3 atom stereocenters. The fourth-order valence-corrected chi connectivity index (χ4v) is 3.82. The molecule has 0 aromatic heterocycles. The Balaban J connectivity index is 2.39. The first-order valence-corrected chi connectivity index (χ1v) is 11.8. The van der Waals surface area contributed by atoms with Crippen molar-refractivity contribution in [2.45, 2.75) is 116 Å². The van der Waals surface area contributed by atoms with Crippen LogP contribution in [0.5, 0.6) is 0 Å². The number of aliphatic hydroxyl groups is 2. The summed E-state index contributed by atoms with van der Waals surface area (Å²) < 4.78 is 5.10. The number of esters is 1. The van der Waals surface area contributed by atoms with Gasteiger partial charge in [0.05, 0.1) is 18.3 Å². The van der Waals surface area contributed by atoms with E-state index in [0.29, 0.717) is 24.8 Å². The molecule has 0 unspecified atom stereocenters. The topological polar surface area (TPSA) is 83.8 Å². The second-order valence-corrected chi connectivity index (χ2v) is 8.69. The van der Waals surface area contributed by atoms with Gasteiger partial charge in [0.1, 0.15) is 0 Å². The Bertz CT molecular complexity index is 564. The van der Waals surface area contributed by atoms with E-state index in [1.165, 1.54) is 19.3 Å². The van der Waals surface area contributed by atoms with E-state index in [1.807, 2.05) is 32.1 Å². The van der Waals surface area contributed by atoms with E-state index in [1.54, 1.807) is 0 Å². The first-order chi connectivity index (χ1) is 14.3. The van der Waals surface area contributed by atoms with Gasteiger partial charge in [-0.05, 0) is 51.5 Å². The zero-order chi connectivity index (χ0) is 22.4. The van der Waals surface area contributed by atoms with Crippen LogP contribution in [0, 0.1) is 5.92 Å². The minimum Gasteiger partial charge on any atom is -0.463 e. The summed E-state index contributed by atoms with van der Waals surface area (Å²) in [5, 5.41) is 20.5. The van der Waals surface area contributed by atoms with Crippen molar-refractivity contribution < 1.29 is 24.5 Å². The Kier molecular flexibility index (Phi) is 13.6. The summed E-state index contributed by atoms with van der Waals surface area (Å²) in [6, 6.07) is 0. The molecule has 0 bridgehead atoms. The normalized spacial score (nSPS) is 21.8. The van der Waals surface area contributed by atoms with Crippen LogP contribution in [-0.2, 0) is 14.3 Å². The van der Waals surface area contributed by atoms with E-state index in [2.05, 4.69) is 6.92 Å². The van der Waals surface area contributed by atoms with Crippen molar-refractivity contribution in [2.75, 3.05) is 0 Å². The zero-order valence-electron chi connectivity index (χ0n) is 19.1. The fraction of sp³-hybridized carbons (Fsp3) is 0.760. The van der Waals surface area contributed by atoms with Gasteiger partial charge in [0, 0.05) is 18.8 Å². The summed E-state index contributed by atoms with van der Waals surface area (Å²) in [6.07, 6.45) is 14.4. The molecule has 5 nitrogen and oxygen atoms in total. The average Bonchev–Trinajstić information content (AvgIpc) is 2.94. The van der Waals surface area contributed by atoms with Crippen LogP contribution in [0.4, 0.5) is 0 Å². The van der Waals surface area contributed by atoms with Gasteiger partial charge in [-0.2, -0.15) is 0 Å². The standard InChI is InChI=1S/C25H42O5/c1-4-5-6-7-10-13-20(26)16-17-22-21(23(27)18-24(22)28)14-11-8-9-12-15-25(29)30-19(2)3/h8,11,17,19-21,23,26-27H,4-7,9-10,12-16,18H2,1-3H3/t20-,21+,23-/m0/s1. The number of ketones is 1. The monoisotopic (exact) mass is 422 g/mol. The van der Waals surface area contributed by atoms with Gasteiger partial charge in [-0.1, -0.05) is 57.3 Å². The Labute approximate surface area is 182 Å². The molecule has 1 rings (SSSR count). The van der Waals surface area contributed by atoms with Gasteiger partial charge in [-0.3, -0.25) is 9.59 Å². The van der Waals surface area contributed by atoms with Crippen molar-refractivity contribution in [3.8, 4) is 0 Å². The van der Waals surface area contributed by atoms with Crippen molar-refractivity contribution >= 4 is 11.8 Å². The number of carbonyl (C=O) groups excluding carboxylic acids is 2. The number of hydrogen-bond donors (Lipinski definition) is 2. The van der Waals surface area contributed by atoms with Crippen LogP contribution in [0.25, 0.3) is 0 Å². The Morgan fingerprint density at radius 1 is 1.17 bits per heavy atom. The molecular formula is C25H42O5. The first-order valence-electron chi connectivity index (χ1n) is 11.8. The number of aliphatic hydroxyl groups excluding tert-OH is 2. The zero-order valence-corrected chi connectivity index (χ0v) is 19.1. The largest absolute Gasteiger partial charge is 0.463 e. The maximum absolute atomic E-state index is 12.3. The van der Waals surface area contributed by atoms with Gasteiger partial charge < -0.3 is 14.9 Å². The van der Waals surface area contributed by atoms with Crippen LogP contribution in [0.1, 0.15) is 97.8 Å². The van der Waals surface area contributed by atoms with E-state index in [9.17, 15) is 19.8 Å². The molecule has 0 radical (unpaired) electrons. The molecule has 0 amide bonds. The third-order valence-corrected chi connectivity index (χ3v) is 5.51. The first kappa shape index (κ1) is 26.6. The van der Waals surface area contributed by atoms with E-state index in [0.717, 1.165) is 32.1 Å². The maximum Gasteiger partial charge on any atom is 0.306 e. The molecule has 0 saturated heterocycles. The molecule has 1 saturated carbocycles. The molecule has 5 heteroatoms. The van der Waals surface area contributed by atoms with E-state index >= 15 is 0 Å². The lowest BCUT2D eigenvalue weighted by molar-refractivity contribution is -0.147. The number of carbonyl (C=O) groups is 2. The van der Waals surface area contributed by atoms with Crippen molar-refractivity contribution in [1.29, 1.82) is 0 Å². The number of ether oxygens (including phenoxy) is 1. The van der Waals surface area contributed by atoms with Crippen LogP contribution in [-0.4, -0.2) is 40.3 Å². The van der Waals surface area contributed by atoms with Crippen LogP contribution in [0.15, 0.2) is 23.8 Å². The van der Waals surface area contributed by atoms with Crippen molar-refractivity contribution in [2.24, 2.45) is 5.92 Å². The highest BCUT2D eigenvalue weighted by Crippen LogP contribution is 2.32. The third-order valence-electron chi connectivity index (χ3n) is 5.51. The van der Waals surface area contributed by atoms with Crippen molar-refractivity contribution in [3.05, 3.63) is 23.8 Å². The number of rotatable bonds is 15. The molecular weight excluding hydrogens is 380 g/mol. The number of allylic oxidation sites excluding steroid dienone is 2. The molecule has 1 aliphatic rings. The van der Waals surface area contributed by atoms with Crippen LogP contribution < -0.4 is 0 Å². The van der Waals surface area contributed by atoms with Gasteiger partial charge in [-0.25, -0.2) is 0 Å². The predicted molar refractivity (Wildman–Crippen MR) is 120 cm³/mol. The second kappa shape index (κ2) is 15.4. The lowest BCUT2D eigenvalue weighted by Gasteiger charge is -2.14. The highest BCUT2D eigenvalue weighted by Gasteiger charge is 2.35. The Hall–Kier alpha value is -1.46. The van der Waals surface area contributed by atoms with Gasteiger partial charge >= 0.3 is 5.97 Å². The fourth-order valence-electron chi connectivity index (χ4n) is 3.82. The summed E-state index contributed by atoms with van der Waals surface area (Å²) in [4.78, 5) is 23.8. The van der Waals surface area contributed by atoms with Gasteiger partial charge in [0.25, 0.3) is 0 Å². The molecule has 0 aromatic rings. The van der Waals surface area contributed by atoms with Gasteiger partial charge in [-0.15, -0.1) is 0 Å². The minimum absolute atomic E-state index is 0.00697. The average molecular weight is 423 g/mol. The molecule has 1 fully saturated rings. The highest BCUT2D eigenvalue weighted by molar-refractivity contribution is 5.98. The summed E-state index contributed by atoms with van der Waals surface area (Å²) in [5.74, 6) is -0.381. The van der Waals surface area contributed by atoms with Crippen LogP contribution in [0.3, 0.4) is 0 Å². The van der Waals surface area contributed by atoms with Gasteiger partial charge in [0.15, 0.2) is 5.78 Å². The molecule has 172 valence electrons. The van der Waals surface area contributed by atoms with Crippen molar-refractivity contribution in [3.63, 3.8) is 0 Å². The SMILES string of the molecule is CCCCCCC[C@H](O)CC=C1C(=O)C[C@H](O)[C@@H]1CC=CCCCC(=O)OC(C)C. The summed E-state index contributed by atoms with van der Waals surface area (Å²) in [7, 11) is 0. The molecule has 0 spiro atoms. The van der Waals surface area contributed by atoms with E-state index in [-0.39, 0.29) is 30.2 Å². The molecule has 30 heavy (non-hydrogen) atoms. The summed E-state index contributed by atoms with van der Waals surface area (Å²) in [6.45, 7) is 5.86. The van der Waals surface area contributed by atoms with Gasteiger partial charge in [0.2, 0.25) is 0 Å². The smallest absolute Gasteiger partial charge is 0.306 e. The maximum atomic E-state index is 12.3. The molecule has 0 aromatic carbocycles. The number of Topliss-reactive ketones (excluding diaryl/α,β-unsaturated/α-hetero) is 1. The van der Waals surface area contributed by atoms with Crippen molar-refractivity contribution in [1.82, 2.24) is 0 Å². The third kappa shape index (κ3) is 11.1. The summed E-state index contributed by atoms with van der Waals surface area (Å²) >= 11 is 0. The molecule has 0 heterocycles. The lowest BCUT2D eigenvalue weighted by Crippen LogP contribution is -2.14.